The SMILES string of the molecule is CCCN(CCN(C)C)c1cc2c(cc1F)C(=O)C(=O)N2. The van der Waals surface area contributed by atoms with Crippen molar-refractivity contribution in [2.24, 2.45) is 0 Å². The summed E-state index contributed by atoms with van der Waals surface area (Å²) in [4.78, 5) is 26.9. The molecule has 1 heterocycles. The number of hydrogen-bond acceptors (Lipinski definition) is 4. The van der Waals surface area contributed by atoms with Crippen LogP contribution in [0.2, 0.25) is 0 Å². The van der Waals surface area contributed by atoms with E-state index in [4.69, 9.17) is 0 Å². The van der Waals surface area contributed by atoms with Crippen molar-refractivity contribution in [1.82, 2.24) is 4.90 Å². The van der Waals surface area contributed by atoms with Gasteiger partial charge < -0.3 is 15.1 Å². The van der Waals surface area contributed by atoms with Gasteiger partial charge in [0.25, 0.3) is 11.7 Å². The highest BCUT2D eigenvalue weighted by Crippen LogP contribution is 2.31. The molecule has 1 aliphatic heterocycles. The predicted octanol–water partition coefficient (Wildman–Crippen LogP) is 1.74. The van der Waals surface area contributed by atoms with Gasteiger partial charge >= 0.3 is 0 Å². The number of amides is 1. The Bertz CT molecular complexity index is 572. The van der Waals surface area contributed by atoms with Crippen LogP contribution in [0, 0.1) is 5.82 Å². The zero-order chi connectivity index (χ0) is 15.6. The highest BCUT2D eigenvalue weighted by molar-refractivity contribution is 6.51. The quantitative estimate of drug-likeness (QED) is 0.812. The third kappa shape index (κ3) is 3.21. The first-order chi connectivity index (χ1) is 9.93. The minimum absolute atomic E-state index is 0.116. The molecule has 1 aromatic rings. The molecule has 0 aliphatic carbocycles. The summed E-state index contributed by atoms with van der Waals surface area (Å²) in [6, 6.07) is 2.71. The van der Waals surface area contributed by atoms with E-state index in [-0.39, 0.29) is 5.56 Å². The minimum atomic E-state index is -0.697. The van der Waals surface area contributed by atoms with Gasteiger partial charge in [0.1, 0.15) is 5.82 Å². The number of hydrogen-bond donors (Lipinski definition) is 1. The number of carbonyl (C=O) groups is 2. The molecule has 1 aliphatic rings. The number of anilines is 2. The van der Waals surface area contributed by atoms with Crippen LogP contribution in [0.1, 0.15) is 23.7 Å². The fourth-order valence-electron chi connectivity index (χ4n) is 2.34. The summed E-state index contributed by atoms with van der Waals surface area (Å²) in [5.74, 6) is -1.84. The number of ketones is 1. The molecule has 0 atom stereocenters. The highest BCUT2D eigenvalue weighted by atomic mass is 19.1. The minimum Gasteiger partial charge on any atom is -0.368 e. The van der Waals surface area contributed by atoms with E-state index in [1.165, 1.54) is 0 Å². The summed E-state index contributed by atoms with van der Waals surface area (Å²) in [6.45, 7) is 4.21. The van der Waals surface area contributed by atoms with E-state index in [9.17, 15) is 14.0 Å². The van der Waals surface area contributed by atoms with E-state index in [2.05, 4.69) is 5.32 Å². The first-order valence-electron chi connectivity index (χ1n) is 7.03. The molecular weight excluding hydrogens is 273 g/mol. The normalized spacial score (nSPS) is 13.6. The van der Waals surface area contributed by atoms with E-state index in [1.54, 1.807) is 6.07 Å². The van der Waals surface area contributed by atoms with Crippen molar-refractivity contribution in [3.63, 3.8) is 0 Å². The molecule has 0 spiro atoms. The number of Topliss-reactive ketones (excluding diaryl/α,β-unsaturated/α-hetero) is 1. The molecule has 0 aromatic heterocycles. The Hall–Kier alpha value is -1.95. The average molecular weight is 293 g/mol. The van der Waals surface area contributed by atoms with E-state index >= 15 is 0 Å². The largest absolute Gasteiger partial charge is 0.368 e. The Morgan fingerprint density at radius 2 is 1.86 bits per heavy atom. The second-order valence-electron chi connectivity index (χ2n) is 5.42. The average Bonchev–Trinajstić information content (AvgIpc) is 2.69. The molecule has 5 nitrogen and oxygen atoms in total. The van der Waals surface area contributed by atoms with Gasteiger partial charge in [0.15, 0.2) is 0 Å². The fourth-order valence-corrected chi connectivity index (χ4v) is 2.34. The maximum Gasteiger partial charge on any atom is 0.296 e. The van der Waals surface area contributed by atoms with Crippen molar-refractivity contribution in [1.29, 1.82) is 0 Å². The molecule has 1 amide bonds. The lowest BCUT2D eigenvalue weighted by molar-refractivity contribution is -0.112. The van der Waals surface area contributed by atoms with Crippen LogP contribution in [0.25, 0.3) is 0 Å². The van der Waals surface area contributed by atoms with Gasteiger partial charge in [-0.25, -0.2) is 4.39 Å². The van der Waals surface area contributed by atoms with Crippen molar-refractivity contribution in [3.8, 4) is 0 Å². The molecule has 2 rings (SSSR count). The Balaban J connectivity index is 2.31. The molecule has 0 fully saturated rings. The van der Waals surface area contributed by atoms with Crippen LogP contribution < -0.4 is 10.2 Å². The number of fused-ring (bicyclic) bond motifs is 1. The first kappa shape index (κ1) is 15.4. The molecule has 1 N–H and O–H groups in total. The molecule has 0 saturated carbocycles. The van der Waals surface area contributed by atoms with Gasteiger partial charge in [-0.15, -0.1) is 0 Å². The van der Waals surface area contributed by atoms with Gasteiger partial charge in [0, 0.05) is 19.6 Å². The first-order valence-corrected chi connectivity index (χ1v) is 7.03. The van der Waals surface area contributed by atoms with Crippen LogP contribution in [0.15, 0.2) is 12.1 Å². The molecule has 0 unspecified atom stereocenters. The fraction of sp³-hybridized carbons (Fsp3) is 0.467. The van der Waals surface area contributed by atoms with Gasteiger partial charge in [-0.2, -0.15) is 0 Å². The Labute approximate surface area is 123 Å². The van der Waals surface area contributed by atoms with E-state index < -0.39 is 17.5 Å². The lowest BCUT2D eigenvalue weighted by Gasteiger charge is -2.26. The topological polar surface area (TPSA) is 52.7 Å². The third-order valence-corrected chi connectivity index (χ3v) is 3.44. The van der Waals surface area contributed by atoms with Gasteiger partial charge in [0.05, 0.1) is 16.9 Å². The van der Waals surface area contributed by atoms with Crippen molar-refractivity contribution in [2.45, 2.75) is 13.3 Å². The van der Waals surface area contributed by atoms with Crippen molar-refractivity contribution >= 4 is 23.1 Å². The van der Waals surface area contributed by atoms with Crippen LogP contribution >= 0.6 is 0 Å². The second kappa shape index (κ2) is 6.22. The summed E-state index contributed by atoms with van der Waals surface area (Å²) in [5, 5.41) is 2.48. The summed E-state index contributed by atoms with van der Waals surface area (Å²) in [6.07, 6.45) is 0.884. The summed E-state index contributed by atoms with van der Waals surface area (Å²) in [7, 11) is 3.92. The van der Waals surface area contributed by atoms with Crippen molar-refractivity contribution in [3.05, 3.63) is 23.5 Å². The van der Waals surface area contributed by atoms with Crippen molar-refractivity contribution in [2.75, 3.05) is 43.9 Å². The molecule has 1 aromatic carbocycles. The molecular formula is C15H20FN3O2. The summed E-state index contributed by atoms with van der Waals surface area (Å²) in [5.41, 5.74) is 0.935. The number of nitrogens with one attached hydrogen (secondary N) is 1. The van der Waals surface area contributed by atoms with Gasteiger partial charge in [-0.1, -0.05) is 6.92 Å². The Morgan fingerprint density at radius 3 is 2.48 bits per heavy atom. The molecule has 0 radical (unpaired) electrons. The monoisotopic (exact) mass is 293 g/mol. The third-order valence-electron chi connectivity index (χ3n) is 3.44. The molecule has 114 valence electrons. The molecule has 0 bridgehead atoms. The number of benzene rings is 1. The number of carbonyl (C=O) groups excluding carboxylic acids is 2. The van der Waals surface area contributed by atoms with Gasteiger partial charge in [0.2, 0.25) is 0 Å². The zero-order valence-electron chi connectivity index (χ0n) is 12.6. The summed E-state index contributed by atoms with van der Waals surface area (Å²) < 4.78 is 14.3. The zero-order valence-corrected chi connectivity index (χ0v) is 12.6. The van der Waals surface area contributed by atoms with Crippen molar-refractivity contribution < 1.29 is 14.0 Å². The highest BCUT2D eigenvalue weighted by Gasteiger charge is 2.30. The van der Waals surface area contributed by atoms with Crippen LogP contribution in [0.4, 0.5) is 15.8 Å². The van der Waals surface area contributed by atoms with Crippen LogP contribution in [0.3, 0.4) is 0 Å². The van der Waals surface area contributed by atoms with Gasteiger partial charge in [-0.3, -0.25) is 9.59 Å². The smallest absolute Gasteiger partial charge is 0.296 e. The van der Waals surface area contributed by atoms with E-state index in [1.807, 2.05) is 30.8 Å². The summed E-state index contributed by atoms with van der Waals surface area (Å²) >= 11 is 0. The second-order valence-corrected chi connectivity index (χ2v) is 5.42. The number of halogens is 1. The Kier molecular flexibility index (Phi) is 4.57. The molecule has 0 saturated heterocycles. The van der Waals surface area contributed by atoms with E-state index in [0.29, 0.717) is 24.5 Å². The lowest BCUT2D eigenvalue weighted by Crippen LogP contribution is -2.33. The lowest BCUT2D eigenvalue weighted by atomic mass is 10.1. The standard InChI is InChI=1S/C15H20FN3O2/c1-4-5-19(7-6-18(2)3)13-9-12-10(8-11(13)16)14(20)15(21)17-12/h8-9H,4-7H2,1-3H3,(H,17,20,21). The van der Waals surface area contributed by atoms with Crippen LogP contribution in [-0.2, 0) is 4.79 Å². The Morgan fingerprint density at radius 1 is 1.14 bits per heavy atom. The predicted molar refractivity (Wildman–Crippen MR) is 80.4 cm³/mol. The maximum absolute atomic E-state index is 14.3. The number of likely N-dealkylation sites (N-methyl/N-ethyl adjacent to an activating group) is 1. The molecule has 6 heteroatoms. The number of nitrogens with zero attached hydrogens (tertiary/aromatic N) is 2. The van der Waals surface area contributed by atoms with Crippen LogP contribution in [0.5, 0.6) is 0 Å². The molecule has 21 heavy (non-hydrogen) atoms. The van der Waals surface area contributed by atoms with Crippen LogP contribution in [-0.4, -0.2) is 50.3 Å². The van der Waals surface area contributed by atoms with E-state index in [0.717, 1.165) is 19.0 Å². The van der Waals surface area contributed by atoms with Gasteiger partial charge in [-0.05, 0) is 32.6 Å². The number of rotatable bonds is 6. The maximum atomic E-state index is 14.3.